The Hall–Kier alpha value is 0.216. The van der Waals surface area contributed by atoms with E-state index in [9.17, 15) is 13.2 Å². The first-order valence-electron chi connectivity index (χ1n) is 3.26. The quantitative estimate of drug-likeness (QED) is 0.526. The van der Waals surface area contributed by atoms with E-state index in [-0.39, 0.29) is 45.1 Å². The van der Waals surface area contributed by atoms with E-state index in [1.165, 1.54) is 12.1 Å². The van der Waals surface area contributed by atoms with Crippen LogP contribution in [0.25, 0.3) is 0 Å². The zero-order valence-corrected chi connectivity index (χ0v) is 11.2. The second-order valence-electron chi connectivity index (χ2n) is 2.31. The Morgan fingerprint density at radius 2 is 1.80 bits per heavy atom. The van der Waals surface area contributed by atoms with Crippen LogP contribution in [0.4, 0.5) is 13.2 Å². The summed E-state index contributed by atoms with van der Waals surface area (Å²) in [5.41, 5.74) is 0.527. The van der Waals surface area contributed by atoms with Crippen molar-refractivity contribution in [3.63, 3.8) is 0 Å². The number of alkyl halides is 3. The molecule has 0 N–H and O–H groups in total. The maximum absolute atomic E-state index is 11.7. The molecule has 1 aromatic carbocycles. The molecule has 0 radical (unpaired) electrons. The molecule has 0 aliphatic heterocycles. The number of benzene rings is 1. The monoisotopic (exact) mass is 312 g/mol. The second-order valence-corrected chi connectivity index (χ2v) is 2.72. The number of rotatable bonds is 1. The van der Waals surface area contributed by atoms with E-state index < -0.39 is 12.1 Å². The van der Waals surface area contributed by atoms with E-state index in [4.69, 9.17) is 11.6 Å². The predicted molar refractivity (Wildman–Crippen MR) is 48.3 cm³/mol. The first kappa shape index (κ1) is 17.6. The molecule has 80 valence electrons. The van der Waals surface area contributed by atoms with Crippen molar-refractivity contribution < 1.29 is 34.9 Å². The predicted octanol–water partition coefficient (Wildman–Crippen LogP) is 0.0440. The summed E-state index contributed by atoms with van der Waals surface area (Å²) >= 11 is 5.47. The third kappa shape index (κ3) is 6.39. The van der Waals surface area contributed by atoms with Crippen LogP contribution in [0.3, 0.4) is 0 Å². The van der Waals surface area contributed by atoms with Crippen LogP contribution in [0.15, 0.2) is 18.2 Å². The topological polar surface area (TPSA) is 9.23 Å². The molecule has 0 amide bonds. The zero-order valence-electron chi connectivity index (χ0n) is 7.44. The molecular formula is C8H5BrClF3MgO. The zero-order chi connectivity index (χ0) is 10.1. The smallest absolute Gasteiger partial charge is 1.00 e. The van der Waals surface area contributed by atoms with Crippen LogP contribution < -0.4 is 21.7 Å². The average molecular weight is 314 g/mol. The molecule has 0 unspecified atom stereocenters. The molecule has 1 nitrogen and oxygen atoms in total. The van der Waals surface area contributed by atoms with Crippen molar-refractivity contribution in [2.45, 2.75) is 6.36 Å². The van der Waals surface area contributed by atoms with Gasteiger partial charge in [0.2, 0.25) is 0 Å². The maximum Gasteiger partial charge on any atom is 2.00 e. The third-order valence-electron chi connectivity index (χ3n) is 1.22. The summed E-state index contributed by atoms with van der Waals surface area (Å²) in [4.78, 5) is 0. The van der Waals surface area contributed by atoms with Crippen molar-refractivity contribution in [3.8, 4) is 5.75 Å². The molecule has 1 rings (SSSR count). The fraction of sp³-hybridized carbons (Fsp3) is 0.125. The Kier molecular flexibility index (Phi) is 7.89. The van der Waals surface area contributed by atoms with Crippen LogP contribution in [0.1, 0.15) is 5.56 Å². The van der Waals surface area contributed by atoms with Crippen LogP contribution in [0, 0.1) is 6.92 Å². The van der Waals surface area contributed by atoms with Gasteiger partial charge in [-0.3, -0.25) is 0 Å². The van der Waals surface area contributed by atoms with Crippen molar-refractivity contribution in [3.05, 3.63) is 35.7 Å². The SMILES string of the molecule is [Br-].[CH2-]c1ccc(OC(F)(F)F)c(Cl)c1.[Mg+2]. The summed E-state index contributed by atoms with van der Waals surface area (Å²) in [6, 6.07) is 3.80. The van der Waals surface area contributed by atoms with E-state index in [0.717, 1.165) is 6.07 Å². The minimum Gasteiger partial charge on any atom is -1.00 e. The molecule has 0 aliphatic carbocycles. The average Bonchev–Trinajstić information content (AvgIpc) is 1.93. The van der Waals surface area contributed by atoms with Gasteiger partial charge in [0, 0.05) is 5.02 Å². The summed E-state index contributed by atoms with van der Waals surface area (Å²) in [5.74, 6) is -0.415. The molecule has 0 saturated heterocycles. The van der Waals surface area contributed by atoms with Gasteiger partial charge in [0.15, 0.2) is 0 Å². The van der Waals surface area contributed by atoms with Crippen molar-refractivity contribution in [2.24, 2.45) is 0 Å². The standard InChI is InChI=1S/C8H5ClF3O.BrH.Mg/c1-5-2-3-7(6(9)4-5)13-8(10,11)12;;/h2-4H,1H2;1H;/q-1;;+2/p-1. The molecular weight excluding hydrogens is 309 g/mol. The molecule has 0 bridgehead atoms. The third-order valence-corrected chi connectivity index (χ3v) is 1.52. The van der Waals surface area contributed by atoms with Gasteiger partial charge < -0.3 is 21.7 Å². The number of ether oxygens (including phenoxy) is 1. The van der Waals surface area contributed by atoms with E-state index >= 15 is 0 Å². The van der Waals surface area contributed by atoms with Gasteiger partial charge in [-0.25, -0.2) is 0 Å². The molecule has 0 heterocycles. The van der Waals surface area contributed by atoms with Crippen LogP contribution in [-0.4, -0.2) is 29.4 Å². The number of halogens is 5. The summed E-state index contributed by atoms with van der Waals surface area (Å²) < 4.78 is 38.8. The minimum atomic E-state index is -4.72. The van der Waals surface area contributed by atoms with Crippen molar-refractivity contribution in [2.75, 3.05) is 0 Å². The van der Waals surface area contributed by atoms with Gasteiger partial charge in [-0.05, 0) is 0 Å². The van der Waals surface area contributed by atoms with E-state index in [1.807, 2.05) is 0 Å². The molecule has 1 aromatic rings. The Balaban J connectivity index is 0. The Bertz CT molecular complexity index is 319. The van der Waals surface area contributed by atoms with E-state index in [0.29, 0.717) is 5.56 Å². The van der Waals surface area contributed by atoms with Gasteiger partial charge in [0.25, 0.3) is 0 Å². The normalized spacial score (nSPS) is 9.87. The fourth-order valence-electron chi connectivity index (χ4n) is 0.752. The first-order valence-corrected chi connectivity index (χ1v) is 3.63. The van der Waals surface area contributed by atoms with E-state index in [1.54, 1.807) is 0 Å². The summed E-state index contributed by atoms with van der Waals surface area (Å²) in [5, 5.41) is -0.107. The molecule has 0 fully saturated rings. The molecule has 0 aromatic heterocycles. The minimum absolute atomic E-state index is 0. The van der Waals surface area contributed by atoms with E-state index in [2.05, 4.69) is 11.7 Å². The van der Waals surface area contributed by atoms with Crippen LogP contribution in [0.2, 0.25) is 5.02 Å². The van der Waals surface area contributed by atoms with Crippen molar-refractivity contribution in [1.29, 1.82) is 0 Å². The molecule has 0 spiro atoms. The summed E-state index contributed by atoms with van der Waals surface area (Å²) in [6.07, 6.45) is -4.72. The molecule has 0 aliphatic rings. The molecule has 0 saturated carbocycles. The van der Waals surface area contributed by atoms with Gasteiger partial charge in [-0.15, -0.1) is 19.2 Å². The van der Waals surface area contributed by atoms with Crippen molar-refractivity contribution >= 4 is 34.7 Å². The van der Waals surface area contributed by atoms with Crippen molar-refractivity contribution in [1.82, 2.24) is 0 Å². The summed E-state index contributed by atoms with van der Waals surface area (Å²) in [7, 11) is 0. The molecule has 15 heavy (non-hydrogen) atoms. The molecule has 7 heteroatoms. The van der Waals surface area contributed by atoms with Gasteiger partial charge in [0.05, 0.1) is 0 Å². The largest absolute Gasteiger partial charge is 2.00 e. The summed E-state index contributed by atoms with van der Waals surface area (Å²) in [6.45, 7) is 3.50. The fourth-order valence-corrected chi connectivity index (χ4v) is 0.994. The van der Waals surface area contributed by atoms with Gasteiger partial charge >= 0.3 is 29.4 Å². The van der Waals surface area contributed by atoms with Crippen LogP contribution in [0.5, 0.6) is 5.75 Å². The number of hydrogen-bond donors (Lipinski definition) is 0. The van der Waals surface area contributed by atoms with Gasteiger partial charge in [-0.2, -0.15) is 18.6 Å². The second kappa shape index (κ2) is 6.72. The van der Waals surface area contributed by atoms with Crippen LogP contribution in [-0.2, 0) is 0 Å². The Labute approximate surface area is 117 Å². The first-order chi connectivity index (χ1) is 5.88. The Morgan fingerprint density at radius 1 is 1.27 bits per heavy atom. The van der Waals surface area contributed by atoms with Gasteiger partial charge in [-0.1, -0.05) is 17.7 Å². The number of hydrogen-bond acceptors (Lipinski definition) is 1. The Morgan fingerprint density at radius 3 is 2.20 bits per heavy atom. The van der Waals surface area contributed by atoms with Gasteiger partial charge in [0.1, 0.15) is 5.75 Å². The molecule has 0 atom stereocenters. The maximum atomic E-state index is 11.7. The van der Waals surface area contributed by atoms with Crippen LogP contribution >= 0.6 is 11.6 Å².